The molecule has 3 heterocycles. The molecule has 10 nitrogen and oxygen atoms in total. The molecule has 2 aromatic heterocycles. The van der Waals surface area contributed by atoms with Crippen LogP contribution in [0, 0.1) is 11.8 Å². The molecule has 0 unspecified atom stereocenters. The van der Waals surface area contributed by atoms with Crippen molar-refractivity contribution in [3.05, 3.63) is 12.2 Å². The number of hydrogen-bond acceptors (Lipinski definition) is 9. The minimum Gasteiger partial charge on any atom is -0.394 e. The minimum absolute atomic E-state index is 0.149. The highest BCUT2D eigenvalue weighted by Crippen LogP contribution is 2.33. The van der Waals surface area contributed by atoms with E-state index >= 15 is 0 Å². The molecule has 6 N–H and O–H groups in total. The number of nitrogens with two attached hydrogens (primary N) is 1. The van der Waals surface area contributed by atoms with Gasteiger partial charge < -0.3 is 30.9 Å². The van der Waals surface area contributed by atoms with E-state index in [1.165, 1.54) is 17.3 Å². The topological polar surface area (TPSA) is 160 Å². The first-order chi connectivity index (χ1) is 14.9. The Labute approximate surface area is 180 Å². The molecule has 0 radical (unpaired) electrons. The summed E-state index contributed by atoms with van der Waals surface area (Å²) < 4.78 is 7.02. The van der Waals surface area contributed by atoms with Gasteiger partial charge in [0.1, 0.15) is 23.8 Å². The molecule has 0 amide bonds. The summed E-state index contributed by atoms with van der Waals surface area (Å²) in [6.07, 6.45) is 4.26. The summed E-state index contributed by atoms with van der Waals surface area (Å²) in [6, 6.07) is 0. The smallest absolute Gasteiger partial charge is 0.208 e. The molecule has 4 rings (SSSR count). The van der Waals surface area contributed by atoms with Crippen LogP contribution in [0.1, 0.15) is 63.4 Å². The number of unbranched alkanes of at least 4 members (excludes halogenated alkanes) is 1. The fraction of sp³-hybridized carbons (Fsp3) is 0.667. The maximum Gasteiger partial charge on any atom is 0.208 e. The Morgan fingerprint density at radius 3 is 2.68 bits per heavy atom. The Balaban J connectivity index is 1.48. The number of nitrogen functional groups attached to an aromatic ring is 1. The van der Waals surface area contributed by atoms with Crippen molar-refractivity contribution in [3.8, 4) is 11.8 Å². The molecule has 168 valence electrons. The summed E-state index contributed by atoms with van der Waals surface area (Å²) in [5.74, 6) is 6.31. The second-order valence-electron chi connectivity index (χ2n) is 8.43. The average molecular weight is 431 g/mol. The Hall–Kier alpha value is -2.29. The number of hydrogen-bond donors (Lipinski definition) is 5. The van der Waals surface area contributed by atoms with Crippen LogP contribution in [0.5, 0.6) is 0 Å². The zero-order chi connectivity index (χ0) is 22.0. The summed E-state index contributed by atoms with van der Waals surface area (Å²) in [5, 5.41) is 40.2. The van der Waals surface area contributed by atoms with E-state index in [1.54, 1.807) is 0 Å². The lowest BCUT2D eigenvalue weighted by Crippen LogP contribution is -2.33. The molecule has 1 saturated carbocycles. The Kier molecular flexibility index (Phi) is 6.41. The fourth-order valence-electron chi connectivity index (χ4n) is 4.40. The van der Waals surface area contributed by atoms with Gasteiger partial charge in [-0.05, 0) is 31.6 Å². The molecule has 0 aromatic carbocycles. The van der Waals surface area contributed by atoms with E-state index in [2.05, 4.69) is 26.8 Å². The fourth-order valence-corrected chi connectivity index (χ4v) is 4.40. The van der Waals surface area contributed by atoms with Crippen LogP contribution in [0.25, 0.3) is 11.2 Å². The van der Waals surface area contributed by atoms with Crippen molar-refractivity contribution in [2.24, 2.45) is 0 Å². The van der Waals surface area contributed by atoms with Crippen LogP contribution in [0.4, 0.5) is 5.82 Å². The number of anilines is 1. The molecule has 1 aliphatic carbocycles. The standard InChI is InChI=1S/C21H29N5O5/c22-18-15-19(26(12-23-15)20-17(29)16(28)13(11-27)31-20)25-14(24-18)7-3-1-4-8-21(30)9-5-2-6-10-21/h12-13,16-17,20,27-30H,1-2,4-6,8-11H2,(H2,22,24,25)/t13-,16-,17-,20-/m1/s1. The van der Waals surface area contributed by atoms with Gasteiger partial charge in [0.25, 0.3) is 0 Å². The maximum atomic E-state index is 10.6. The number of aromatic nitrogens is 4. The first-order valence-corrected chi connectivity index (χ1v) is 10.8. The van der Waals surface area contributed by atoms with Gasteiger partial charge in [0.2, 0.25) is 5.82 Å². The molecule has 31 heavy (non-hydrogen) atoms. The average Bonchev–Trinajstić information content (AvgIpc) is 3.30. The van der Waals surface area contributed by atoms with Gasteiger partial charge in [0.05, 0.1) is 18.5 Å². The van der Waals surface area contributed by atoms with Crippen molar-refractivity contribution >= 4 is 17.0 Å². The van der Waals surface area contributed by atoms with Gasteiger partial charge in [-0.2, -0.15) is 0 Å². The summed E-state index contributed by atoms with van der Waals surface area (Å²) in [5.41, 5.74) is 6.12. The van der Waals surface area contributed by atoms with E-state index in [-0.39, 0.29) is 11.6 Å². The van der Waals surface area contributed by atoms with E-state index in [0.717, 1.165) is 38.5 Å². The number of aliphatic hydroxyl groups excluding tert-OH is 3. The molecule has 1 aliphatic heterocycles. The van der Waals surface area contributed by atoms with Crippen LogP contribution in [0.15, 0.2) is 6.33 Å². The third kappa shape index (κ3) is 4.51. The molecular weight excluding hydrogens is 402 g/mol. The second-order valence-corrected chi connectivity index (χ2v) is 8.43. The summed E-state index contributed by atoms with van der Waals surface area (Å²) >= 11 is 0. The monoisotopic (exact) mass is 431 g/mol. The molecule has 10 heteroatoms. The lowest BCUT2D eigenvalue weighted by Gasteiger charge is -2.31. The van der Waals surface area contributed by atoms with Gasteiger partial charge in [-0.25, -0.2) is 15.0 Å². The Bertz CT molecular complexity index is 978. The van der Waals surface area contributed by atoms with E-state index in [9.17, 15) is 20.4 Å². The van der Waals surface area contributed by atoms with E-state index in [4.69, 9.17) is 10.5 Å². The third-order valence-electron chi connectivity index (χ3n) is 6.17. The van der Waals surface area contributed by atoms with Crippen LogP contribution in [-0.4, -0.2) is 70.5 Å². The van der Waals surface area contributed by atoms with Crippen LogP contribution in [0.3, 0.4) is 0 Å². The zero-order valence-electron chi connectivity index (χ0n) is 17.3. The van der Waals surface area contributed by atoms with Crippen LogP contribution < -0.4 is 5.73 Å². The van der Waals surface area contributed by atoms with Gasteiger partial charge >= 0.3 is 0 Å². The lowest BCUT2D eigenvalue weighted by atomic mass is 9.81. The minimum atomic E-state index is -1.26. The van der Waals surface area contributed by atoms with E-state index in [0.29, 0.717) is 17.6 Å². The van der Waals surface area contributed by atoms with Crippen LogP contribution in [0.2, 0.25) is 0 Å². The van der Waals surface area contributed by atoms with Gasteiger partial charge in [-0.15, -0.1) is 0 Å². The zero-order valence-corrected chi connectivity index (χ0v) is 17.3. The maximum absolute atomic E-state index is 10.6. The predicted octanol–water partition coefficient (Wildman–Crippen LogP) is 0.237. The normalized spacial score (nSPS) is 27.9. The van der Waals surface area contributed by atoms with Crippen molar-refractivity contribution in [2.75, 3.05) is 12.3 Å². The molecule has 2 aromatic rings. The predicted molar refractivity (Wildman–Crippen MR) is 112 cm³/mol. The SMILES string of the molecule is Nc1nc(C#CCCCC2(O)CCCCC2)nc2c1ncn2[C@@H]1O[C@H](CO)[C@@H](O)[C@H]1O. The van der Waals surface area contributed by atoms with Gasteiger partial charge in [0.15, 0.2) is 17.7 Å². The van der Waals surface area contributed by atoms with Gasteiger partial charge in [0, 0.05) is 6.42 Å². The van der Waals surface area contributed by atoms with Crippen LogP contribution >= 0.6 is 0 Å². The lowest BCUT2D eigenvalue weighted by molar-refractivity contribution is -0.0511. The number of nitrogens with zero attached hydrogens (tertiary/aromatic N) is 4. The summed E-state index contributed by atoms with van der Waals surface area (Å²) in [4.78, 5) is 12.8. The molecule has 2 fully saturated rings. The van der Waals surface area contributed by atoms with Crippen molar-refractivity contribution in [1.29, 1.82) is 0 Å². The van der Waals surface area contributed by atoms with Crippen molar-refractivity contribution < 1.29 is 25.2 Å². The van der Waals surface area contributed by atoms with E-state index < -0.39 is 36.7 Å². The van der Waals surface area contributed by atoms with Crippen molar-refractivity contribution in [3.63, 3.8) is 0 Å². The van der Waals surface area contributed by atoms with Crippen molar-refractivity contribution in [2.45, 2.75) is 81.5 Å². The quantitative estimate of drug-likeness (QED) is 0.330. The largest absolute Gasteiger partial charge is 0.394 e. The second kappa shape index (κ2) is 9.06. The summed E-state index contributed by atoms with van der Waals surface area (Å²) in [6.45, 7) is -0.426. The van der Waals surface area contributed by atoms with Gasteiger partial charge in [-0.3, -0.25) is 4.57 Å². The number of fused-ring (bicyclic) bond motifs is 1. The van der Waals surface area contributed by atoms with Gasteiger partial charge in [-0.1, -0.05) is 25.2 Å². The number of imidazole rings is 1. The molecule has 0 bridgehead atoms. The van der Waals surface area contributed by atoms with Crippen LogP contribution in [-0.2, 0) is 4.74 Å². The Morgan fingerprint density at radius 2 is 1.97 bits per heavy atom. The summed E-state index contributed by atoms with van der Waals surface area (Å²) in [7, 11) is 0. The molecule has 1 saturated heterocycles. The first-order valence-electron chi connectivity index (χ1n) is 10.8. The molecular formula is C21H29N5O5. The van der Waals surface area contributed by atoms with Crippen molar-refractivity contribution in [1.82, 2.24) is 19.5 Å². The highest BCUT2D eigenvalue weighted by atomic mass is 16.6. The third-order valence-corrected chi connectivity index (χ3v) is 6.17. The highest BCUT2D eigenvalue weighted by Gasteiger charge is 2.44. The molecule has 0 spiro atoms. The number of ether oxygens (including phenoxy) is 1. The molecule has 4 atom stereocenters. The number of rotatable bonds is 5. The molecule has 2 aliphatic rings. The Morgan fingerprint density at radius 1 is 1.19 bits per heavy atom. The highest BCUT2D eigenvalue weighted by molar-refractivity contribution is 5.82. The first kappa shape index (κ1) is 21.9. The number of aliphatic hydroxyl groups is 4. The van der Waals surface area contributed by atoms with E-state index in [1.807, 2.05) is 0 Å².